The molecule has 0 saturated heterocycles. The Bertz CT molecular complexity index is 1070. The Morgan fingerprint density at radius 1 is 0.912 bits per heavy atom. The van der Waals surface area contributed by atoms with Gasteiger partial charge in [-0.3, -0.25) is 10.2 Å². The van der Waals surface area contributed by atoms with E-state index in [0.717, 1.165) is 6.08 Å². The van der Waals surface area contributed by atoms with Crippen molar-refractivity contribution >= 4 is 65.8 Å². The molecule has 14 heteroatoms. The molecule has 0 bridgehead atoms. The summed E-state index contributed by atoms with van der Waals surface area (Å²) in [6, 6.07) is 7.05. The number of benzene rings is 2. The quantitative estimate of drug-likeness (QED) is 0.239. The molecule has 34 heavy (non-hydrogen) atoms. The van der Waals surface area contributed by atoms with Gasteiger partial charge < -0.3 is 5.32 Å². The molecule has 1 unspecified atom stereocenters. The molecular weight excluding hydrogens is 668 g/mol. The van der Waals surface area contributed by atoms with Crippen LogP contribution in [-0.4, -0.2) is 30.8 Å². The van der Waals surface area contributed by atoms with Gasteiger partial charge in [0.15, 0.2) is 0 Å². The molecule has 0 aromatic heterocycles. The molecule has 2 aromatic carbocycles. The minimum absolute atomic E-state index is 0.00920. The first-order valence-corrected chi connectivity index (χ1v) is 11.4. The van der Waals surface area contributed by atoms with Crippen molar-refractivity contribution in [2.45, 2.75) is 18.3 Å². The Morgan fingerprint density at radius 3 is 2.06 bits per heavy atom. The summed E-state index contributed by atoms with van der Waals surface area (Å²) >= 11 is 9.45. The number of urea groups is 1. The first-order valence-electron chi connectivity index (χ1n) is 9.07. The van der Waals surface area contributed by atoms with Crippen molar-refractivity contribution in [1.82, 2.24) is 16.2 Å². The predicted octanol–water partition coefficient (Wildman–Crippen LogP) is 6.84. The molecule has 3 amide bonds. The van der Waals surface area contributed by atoms with Crippen molar-refractivity contribution in [3.05, 3.63) is 72.6 Å². The normalized spacial score (nSPS) is 13.0. The van der Waals surface area contributed by atoms with Crippen molar-refractivity contribution in [2.24, 2.45) is 0 Å². The summed E-state index contributed by atoms with van der Waals surface area (Å²) < 4.78 is 78.3. The monoisotopic (exact) mass is 679 g/mol. The molecule has 0 saturated carbocycles. The Morgan fingerprint density at radius 2 is 1.53 bits per heavy atom. The second kappa shape index (κ2) is 11.6. The van der Waals surface area contributed by atoms with Crippen LogP contribution in [-0.2, 0) is 0 Å². The summed E-state index contributed by atoms with van der Waals surface area (Å²) in [5, 5.41) is 1.50. The summed E-state index contributed by atoms with van der Waals surface area (Å²) in [6.45, 7) is -1.59. The lowest BCUT2D eigenvalue weighted by molar-refractivity contribution is -0.139. The van der Waals surface area contributed by atoms with Gasteiger partial charge in [0.25, 0.3) is 5.91 Å². The Kier molecular flexibility index (Phi) is 9.60. The van der Waals surface area contributed by atoms with Gasteiger partial charge in [0.2, 0.25) is 0 Å². The highest BCUT2D eigenvalue weighted by atomic mass is 79.9. The van der Waals surface area contributed by atoms with E-state index < -0.39 is 36.8 Å². The molecule has 2 aromatic rings. The predicted molar refractivity (Wildman–Crippen MR) is 124 cm³/mol. The second-order valence-corrected chi connectivity index (χ2v) is 9.38. The lowest BCUT2D eigenvalue weighted by atomic mass is 9.97. The molecule has 0 fully saturated rings. The first-order chi connectivity index (χ1) is 15.7. The largest absolute Gasteiger partial charge is 0.405 e. The van der Waals surface area contributed by atoms with Gasteiger partial charge in [-0.1, -0.05) is 50.1 Å². The zero-order valence-electron chi connectivity index (χ0n) is 16.6. The summed E-state index contributed by atoms with van der Waals surface area (Å²) in [7, 11) is 0. The molecule has 5 nitrogen and oxygen atoms in total. The Labute approximate surface area is 214 Å². The van der Waals surface area contributed by atoms with Gasteiger partial charge in [-0.05, 0) is 57.4 Å². The van der Waals surface area contributed by atoms with Crippen LogP contribution in [0.2, 0.25) is 0 Å². The maximum Gasteiger partial charge on any atom is 0.405 e. The molecule has 0 radical (unpaired) electrons. The van der Waals surface area contributed by atoms with Crippen molar-refractivity contribution in [3.63, 3.8) is 0 Å². The van der Waals surface area contributed by atoms with E-state index in [0.29, 0.717) is 14.5 Å². The topological polar surface area (TPSA) is 70.2 Å². The van der Waals surface area contributed by atoms with E-state index in [-0.39, 0.29) is 15.6 Å². The minimum Gasteiger partial charge on any atom is -0.328 e. The van der Waals surface area contributed by atoms with E-state index in [1.807, 2.05) is 5.43 Å². The van der Waals surface area contributed by atoms with E-state index in [2.05, 4.69) is 47.8 Å². The Hall–Kier alpha value is -2.06. The molecule has 0 spiro atoms. The highest BCUT2D eigenvalue weighted by Gasteiger charge is 2.39. The van der Waals surface area contributed by atoms with E-state index in [4.69, 9.17) is 0 Å². The number of nitrogens with one attached hydrogen (secondary N) is 3. The van der Waals surface area contributed by atoms with E-state index in [1.54, 1.807) is 11.5 Å². The number of hydrazine groups is 1. The molecule has 0 heterocycles. The molecule has 0 aliphatic heterocycles. The number of amides is 3. The Balaban J connectivity index is 2.12. The average molecular weight is 682 g/mol. The van der Waals surface area contributed by atoms with Gasteiger partial charge in [0, 0.05) is 13.4 Å². The molecule has 2 rings (SSSR count). The number of hydrogen-bond donors (Lipinski definition) is 3. The maximum atomic E-state index is 13.6. The number of alkyl halides is 6. The van der Waals surface area contributed by atoms with Crippen molar-refractivity contribution in [3.8, 4) is 0 Å². The van der Waals surface area contributed by atoms with E-state index in [1.165, 1.54) is 41.7 Å². The van der Waals surface area contributed by atoms with Gasteiger partial charge >= 0.3 is 18.4 Å². The van der Waals surface area contributed by atoms with Crippen LogP contribution in [0.3, 0.4) is 0 Å². The SMILES string of the molecule is O=C(NCC(F)(F)F)NNC(=O)c1ccc(C=CC(c2cc(Br)cc(Br)c2)C(F)(F)F)cc1Br. The van der Waals surface area contributed by atoms with Crippen LogP contribution in [0.4, 0.5) is 31.1 Å². The zero-order valence-corrected chi connectivity index (χ0v) is 21.4. The summed E-state index contributed by atoms with van der Waals surface area (Å²) in [4.78, 5) is 23.4. The van der Waals surface area contributed by atoms with Crippen molar-refractivity contribution in [2.75, 3.05) is 6.54 Å². The fourth-order valence-corrected chi connectivity index (χ4v) is 4.50. The van der Waals surface area contributed by atoms with Crippen LogP contribution in [0.25, 0.3) is 6.08 Å². The highest BCUT2D eigenvalue weighted by Crippen LogP contribution is 2.38. The van der Waals surface area contributed by atoms with Crippen LogP contribution in [0.5, 0.6) is 0 Å². The minimum atomic E-state index is -4.62. The van der Waals surface area contributed by atoms with Crippen molar-refractivity contribution in [1.29, 1.82) is 0 Å². The fraction of sp³-hybridized carbons (Fsp3) is 0.200. The van der Waals surface area contributed by atoms with Crippen molar-refractivity contribution < 1.29 is 35.9 Å². The number of hydrogen-bond acceptors (Lipinski definition) is 2. The standard InChI is InChI=1S/C20H14Br3F6N3O2/c21-12-6-11(7-13(22)8-12)15(20(27,28)29)4-2-10-1-3-14(16(23)5-10)17(33)31-32-18(34)30-9-19(24,25)26/h1-8,15H,9H2,(H,31,33)(H2,30,32,34). The number of carbonyl (C=O) groups excluding carboxylic acids is 2. The molecule has 0 aliphatic rings. The lowest BCUT2D eigenvalue weighted by Crippen LogP contribution is -2.49. The van der Waals surface area contributed by atoms with Gasteiger partial charge in [0.1, 0.15) is 6.54 Å². The maximum absolute atomic E-state index is 13.6. The summed E-state index contributed by atoms with van der Waals surface area (Å²) in [5.74, 6) is -2.76. The van der Waals surface area contributed by atoms with Gasteiger partial charge in [0.05, 0.1) is 11.5 Å². The molecule has 3 N–H and O–H groups in total. The van der Waals surface area contributed by atoms with E-state index in [9.17, 15) is 35.9 Å². The summed E-state index contributed by atoms with van der Waals surface area (Å²) in [6.07, 6.45) is -6.97. The van der Waals surface area contributed by atoms with Crippen LogP contribution in [0, 0.1) is 0 Å². The molecule has 0 aliphatic carbocycles. The van der Waals surface area contributed by atoms with Gasteiger partial charge in [-0.2, -0.15) is 26.3 Å². The highest BCUT2D eigenvalue weighted by molar-refractivity contribution is 9.11. The average Bonchev–Trinajstić information content (AvgIpc) is 2.68. The van der Waals surface area contributed by atoms with Crippen LogP contribution in [0.15, 0.2) is 55.9 Å². The third-order valence-electron chi connectivity index (χ3n) is 4.05. The van der Waals surface area contributed by atoms with Crippen LogP contribution >= 0.6 is 47.8 Å². The number of rotatable bonds is 5. The number of carbonyl (C=O) groups is 2. The van der Waals surface area contributed by atoms with Crippen LogP contribution < -0.4 is 16.2 Å². The third-order valence-corrected chi connectivity index (χ3v) is 5.63. The molecular formula is C20H14Br3F6N3O2. The number of halogens is 9. The molecule has 1 atom stereocenters. The van der Waals surface area contributed by atoms with Gasteiger partial charge in [-0.25, -0.2) is 10.2 Å². The second-order valence-electron chi connectivity index (χ2n) is 6.70. The third kappa shape index (κ3) is 8.95. The lowest BCUT2D eigenvalue weighted by Gasteiger charge is -2.18. The fourth-order valence-electron chi connectivity index (χ4n) is 2.60. The number of allylic oxidation sites excluding steroid dienone is 1. The zero-order chi connectivity index (χ0) is 25.7. The summed E-state index contributed by atoms with van der Waals surface area (Å²) in [5.41, 5.74) is 4.01. The van der Waals surface area contributed by atoms with Crippen LogP contribution in [0.1, 0.15) is 27.4 Å². The van der Waals surface area contributed by atoms with Gasteiger partial charge in [-0.15, -0.1) is 0 Å². The molecule has 184 valence electrons. The van der Waals surface area contributed by atoms with E-state index >= 15 is 0 Å². The smallest absolute Gasteiger partial charge is 0.328 e. The first kappa shape index (κ1) is 28.2.